The molecule has 7 nitrogen and oxygen atoms in total. The predicted molar refractivity (Wildman–Crippen MR) is 129 cm³/mol. The first-order valence-corrected chi connectivity index (χ1v) is 12.2. The predicted octanol–water partition coefficient (Wildman–Crippen LogP) is 5.67. The van der Waals surface area contributed by atoms with Crippen LogP contribution in [0.15, 0.2) is 28.9 Å². The third-order valence-electron chi connectivity index (χ3n) is 4.85. The fraction of sp³-hybridized carbons (Fsp3) is 0.238. The molecule has 0 aromatic carbocycles. The SMILES string of the molecule is Cc1ccc(-c2cc(C(F)F)nc3sc(C(N)=O)c(NC(=O)CCn4cc(Br)c(C)n4)c23)s1. The van der Waals surface area contributed by atoms with Crippen LogP contribution in [0.1, 0.15) is 38.8 Å². The summed E-state index contributed by atoms with van der Waals surface area (Å²) in [5.41, 5.74) is 6.62. The van der Waals surface area contributed by atoms with Gasteiger partial charge in [0.15, 0.2) is 0 Å². The lowest BCUT2D eigenvalue weighted by Crippen LogP contribution is -2.18. The fourth-order valence-corrected chi connectivity index (χ4v) is 5.54. The maximum atomic E-state index is 13.5. The molecule has 4 aromatic rings. The van der Waals surface area contributed by atoms with Crippen LogP contribution in [0.3, 0.4) is 0 Å². The zero-order valence-electron chi connectivity index (χ0n) is 17.5. The van der Waals surface area contributed by atoms with Crippen LogP contribution >= 0.6 is 38.6 Å². The molecule has 0 saturated heterocycles. The van der Waals surface area contributed by atoms with Gasteiger partial charge >= 0.3 is 0 Å². The lowest BCUT2D eigenvalue weighted by molar-refractivity contribution is -0.116. The Morgan fingerprint density at radius 2 is 2.03 bits per heavy atom. The highest BCUT2D eigenvalue weighted by Crippen LogP contribution is 2.44. The van der Waals surface area contributed by atoms with E-state index in [4.69, 9.17) is 5.73 Å². The number of fused-ring (bicyclic) bond motifs is 1. The minimum absolute atomic E-state index is 0.0597. The summed E-state index contributed by atoms with van der Waals surface area (Å²) in [4.78, 5) is 31.0. The summed E-state index contributed by atoms with van der Waals surface area (Å²) in [5.74, 6) is -1.14. The summed E-state index contributed by atoms with van der Waals surface area (Å²) in [7, 11) is 0. The van der Waals surface area contributed by atoms with Crippen LogP contribution in [-0.2, 0) is 11.3 Å². The Morgan fingerprint density at radius 1 is 1.27 bits per heavy atom. The van der Waals surface area contributed by atoms with E-state index in [1.54, 1.807) is 10.9 Å². The van der Waals surface area contributed by atoms with Crippen LogP contribution in [-0.4, -0.2) is 26.6 Å². The molecule has 0 aliphatic carbocycles. The van der Waals surface area contributed by atoms with Crippen LogP contribution in [0, 0.1) is 13.8 Å². The third kappa shape index (κ3) is 4.82. The molecule has 172 valence electrons. The van der Waals surface area contributed by atoms with Crippen LogP contribution in [0.2, 0.25) is 0 Å². The molecule has 4 rings (SSSR count). The molecule has 0 radical (unpaired) electrons. The number of primary amides is 1. The van der Waals surface area contributed by atoms with E-state index < -0.39 is 18.0 Å². The van der Waals surface area contributed by atoms with Gasteiger partial charge in [0.1, 0.15) is 15.4 Å². The van der Waals surface area contributed by atoms with E-state index in [-0.39, 0.29) is 27.7 Å². The van der Waals surface area contributed by atoms with E-state index >= 15 is 0 Å². The molecule has 0 aliphatic heterocycles. The van der Waals surface area contributed by atoms with Crippen LogP contribution in [0.5, 0.6) is 0 Å². The van der Waals surface area contributed by atoms with Gasteiger partial charge in [0.2, 0.25) is 5.91 Å². The lowest BCUT2D eigenvalue weighted by Gasteiger charge is -2.10. The monoisotopic (exact) mass is 553 g/mol. The standard InChI is InChI=1S/C21H18BrF2N5O2S2/c1-9-3-4-14(32-9)11-7-13(19(23)24)26-21-16(11)17(18(33-21)20(25)31)27-15(30)5-6-29-8-12(22)10(2)28-29/h3-4,7-8,19H,5-6H2,1-2H3,(H2,25,31)(H,27,30). The molecule has 0 aliphatic rings. The van der Waals surface area contributed by atoms with Gasteiger partial charge in [0.05, 0.1) is 15.9 Å². The van der Waals surface area contributed by atoms with Crippen molar-refractivity contribution < 1.29 is 18.4 Å². The molecule has 0 unspecified atom stereocenters. The van der Waals surface area contributed by atoms with Crippen molar-refractivity contribution in [3.8, 4) is 10.4 Å². The van der Waals surface area contributed by atoms with Crippen molar-refractivity contribution in [1.29, 1.82) is 0 Å². The number of aromatic nitrogens is 3. The molecule has 4 heterocycles. The van der Waals surface area contributed by atoms with E-state index in [1.807, 2.05) is 26.0 Å². The first-order chi connectivity index (χ1) is 15.6. The van der Waals surface area contributed by atoms with Gasteiger partial charge in [-0.25, -0.2) is 13.8 Å². The van der Waals surface area contributed by atoms with Crippen molar-refractivity contribution in [3.05, 3.63) is 50.0 Å². The van der Waals surface area contributed by atoms with E-state index in [0.717, 1.165) is 31.3 Å². The number of anilines is 1. The number of halogens is 3. The molecule has 0 saturated carbocycles. The van der Waals surface area contributed by atoms with Gasteiger partial charge in [-0.2, -0.15) is 5.10 Å². The highest BCUT2D eigenvalue weighted by molar-refractivity contribution is 9.10. The number of aryl methyl sites for hydroxylation is 3. The number of rotatable bonds is 7. The maximum absolute atomic E-state index is 13.5. The van der Waals surface area contributed by atoms with E-state index in [2.05, 4.69) is 31.3 Å². The lowest BCUT2D eigenvalue weighted by atomic mass is 10.1. The quantitative estimate of drug-likeness (QED) is 0.308. The average molecular weight is 554 g/mol. The third-order valence-corrected chi connectivity index (χ3v) is 7.76. The Bertz CT molecular complexity index is 1360. The number of nitrogens with zero attached hydrogens (tertiary/aromatic N) is 3. The van der Waals surface area contributed by atoms with E-state index in [1.165, 1.54) is 17.4 Å². The summed E-state index contributed by atoms with van der Waals surface area (Å²) in [5, 5.41) is 7.48. The van der Waals surface area contributed by atoms with Crippen molar-refractivity contribution in [1.82, 2.24) is 14.8 Å². The summed E-state index contributed by atoms with van der Waals surface area (Å²) in [6.07, 6.45) is -0.938. The second-order valence-corrected chi connectivity index (χ2v) is 10.4. The minimum Gasteiger partial charge on any atom is -0.365 e. The smallest absolute Gasteiger partial charge is 0.280 e. The number of alkyl halides is 2. The Labute approximate surface area is 203 Å². The molecule has 4 aromatic heterocycles. The molecule has 12 heteroatoms. The van der Waals surface area contributed by atoms with Crippen molar-refractivity contribution >= 4 is 66.3 Å². The molecular weight excluding hydrogens is 536 g/mol. The number of amides is 2. The fourth-order valence-electron chi connectivity index (χ4n) is 3.32. The molecule has 0 spiro atoms. The number of hydrogen-bond donors (Lipinski definition) is 2. The molecular formula is C21H18BrF2N5O2S2. The second-order valence-electron chi connectivity index (χ2n) is 7.28. The highest BCUT2D eigenvalue weighted by Gasteiger charge is 2.25. The van der Waals surface area contributed by atoms with Crippen LogP contribution < -0.4 is 11.1 Å². The molecule has 0 bridgehead atoms. The molecule has 0 atom stereocenters. The summed E-state index contributed by atoms with van der Waals surface area (Å²) < 4.78 is 29.5. The molecule has 0 fully saturated rings. The van der Waals surface area contributed by atoms with Crippen molar-refractivity contribution in [3.63, 3.8) is 0 Å². The summed E-state index contributed by atoms with van der Waals surface area (Å²) >= 11 is 5.69. The normalized spacial score (nSPS) is 11.5. The van der Waals surface area contributed by atoms with Crippen LogP contribution in [0.4, 0.5) is 14.5 Å². The van der Waals surface area contributed by atoms with Gasteiger partial charge in [-0.15, -0.1) is 22.7 Å². The molecule has 33 heavy (non-hydrogen) atoms. The topological polar surface area (TPSA) is 103 Å². The Morgan fingerprint density at radius 3 is 2.61 bits per heavy atom. The first-order valence-electron chi connectivity index (χ1n) is 9.75. The second kappa shape index (κ2) is 9.27. The number of carbonyl (C=O) groups is 2. The Balaban J connectivity index is 1.76. The number of pyridine rings is 1. The number of nitrogens with one attached hydrogen (secondary N) is 1. The van der Waals surface area contributed by atoms with E-state index in [0.29, 0.717) is 17.5 Å². The van der Waals surface area contributed by atoms with Gasteiger partial charge in [0.25, 0.3) is 12.3 Å². The highest BCUT2D eigenvalue weighted by atomic mass is 79.9. The minimum atomic E-state index is -2.79. The van der Waals surface area contributed by atoms with Gasteiger partial charge in [-0.1, -0.05) is 0 Å². The largest absolute Gasteiger partial charge is 0.365 e. The summed E-state index contributed by atoms with van der Waals surface area (Å²) in [6, 6.07) is 4.99. The number of hydrogen-bond acceptors (Lipinski definition) is 6. The van der Waals surface area contributed by atoms with E-state index in [9.17, 15) is 18.4 Å². The zero-order valence-corrected chi connectivity index (χ0v) is 20.7. The first kappa shape index (κ1) is 23.5. The maximum Gasteiger partial charge on any atom is 0.280 e. The van der Waals surface area contributed by atoms with Crippen molar-refractivity contribution in [2.24, 2.45) is 5.73 Å². The Hall–Kier alpha value is -2.70. The van der Waals surface area contributed by atoms with Crippen molar-refractivity contribution in [2.45, 2.75) is 33.2 Å². The van der Waals surface area contributed by atoms with Gasteiger partial charge in [-0.05, 0) is 48.0 Å². The number of thiophene rings is 2. The number of nitrogens with two attached hydrogens (primary N) is 1. The zero-order chi connectivity index (χ0) is 23.9. The van der Waals surface area contributed by atoms with Gasteiger partial charge in [0, 0.05) is 39.9 Å². The summed E-state index contributed by atoms with van der Waals surface area (Å²) in [6.45, 7) is 4.06. The molecule has 3 N–H and O–H groups in total. The molecule has 2 amide bonds. The van der Waals surface area contributed by atoms with Crippen molar-refractivity contribution in [2.75, 3.05) is 5.32 Å². The van der Waals surface area contributed by atoms with Gasteiger partial charge in [-0.3, -0.25) is 14.3 Å². The average Bonchev–Trinajstić information content (AvgIpc) is 3.43. The number of carbonyl (C=O) groups excluding carboxylic acids is 2. The Kier molecular flexibility index (Phi) is 6.59. The van der Waals surface area contributed by atoms with Gasteiger partial charge < -0.3 is 11.1 Å². The van der Waals surface area contributed by atoms with Crippen LogP contribution in [0.25, 0.3) is 20.7 Å².